The van der Waals surface area contributed by atoms with Crippen LogP contribution in [0, 0.1) is 0 Å². The van der Waals surface area contributed by atoms with Crippen molar-refractivity contribution in [3.63, 3.8) is 0 Å². The molecule has 35 heavy (non-hydrogen) atoms. The van der Waals surface area contributed by atoms with Crippen molar-refractivity contribution in [2.24, 2.45) is 0 Å². The number of halogens is 2. The van der Waals surface area contributed by atoms with Crippen LogP contribution in [-0.4, -0.2) is 74.3 Å². The summed E-state index contributed by atoms with van der Waals surface area (Å²) in [4.78, 5) is 46.9. The molecule has 0 radical (unpaired) electrons. The van der Waals surface area contributed by atoms with Crippen LogP contribution in [0.25, 0.3) is 0 Å². The molecule has 0 aliphatic carbocycles. The van der Waals surface area contributed by atoms with Gasteiger partial charge in [0, 0.05) is 32.7 Å². The fourth-order valence-electron chi connectivity index (χ4n) is 3.34. The number of carbonyl (C=O) groups is 4. The predicted octanol–water partition coefficient (Wildman–Crippen LogP) is 2.04. The second kappa shape index (κ2) is 13.5. The van der Waals surface area contributed by atoms with E-state index in [-0.39, 0.29) is 19.8 Å². The monoisotopic (exact) mass is 535 g/mol. The van der Waals surface area contributed by atoms with E-state index in [0.717, 1.165) is 13.8 Å². The Morgan fingerprint density at radius 2 is 1.60 bits per heavy atom. The van der Waals surface area contributed by atoms with E-state index in [1.165, 1.54) is 19.9 Å². The van der Waals surface area contributed by atoms with Gasteiger partial charge in [0.2, 0.25) is 5.91 Å². The van der Waals surface area contributed by atoms with Gasteiger partial charge in [0.05, 0.1) is 11.6 Å². The maximum Gasteiger partial charge on any atom is 0.303 e. The molecular formula is C22H27Cl2NO10. The standard InChI is InChI=1S/C22H27Cl2NO10/c1-11(26)25-19-21(34-14(4)29)20(33-13(3)28)18(10-32-12(2)27)35-22(19)31-8-7-30-17-6-5-15(23)9-16(17)24/h5-6,9,18-22H,7-8,10H2,1-4H3,(H,25,26)/t18-,19-,20+,21+,22-/m0/s1. The first-order valence-electron chi connectivity index (χ1n) is 10.6. The Bertz CT molecular complexity index is 927. The molecule has 13 heteroatoms. The highest BCUT2D eigenvalue weighted by atomic mass is 35.5. The molecule has 1 aliphatic rings. The molecule has 5 atom stereocenters. The summed E-state index contributed by atoms with van der Waals surface area (Å²) in [6.07, 6.45) is -4.64. The number of carbonyl (C=O) groups excluding carboxylic acids is 4. The van der Waals surface area contributed by atoms with Gasteiger partial charge in [-0.2, -0.15) is 0 Å². The Morgan fingerprint density at radius 1 is 0.943 bits per heavy atom. The lowest BCUT2D eigenvalue weighted by Crippen LogP contribution is -2.66. The molecule has 1 aromatic rings. The van der Waals surface area contributed by atoms with Crippen LogP contribution >= 0.6 is 23.2 Å². The van der Waals surface area contributed by atoms with Crippen molar-refractivity contribution in [2.75, 3.05) is 19.8 Å². The van der Waals surface area contributed by atoms with E-state index in [1.807, 2.05) is 0 Å². The number of benzene rings is 1. The SMILES string of the molecule is CC(=O)N[C@@H]1[C@@H](OCCOc2ccc(Cl)cc2Cl)O[C@@H](COC(C)=O)[C@@H](OC(C)=O)[C@@H]1OC(C)=O. The molecular weight excluding hydrogens is 509 g/mol. The number of ether oxygens (including phenoxy) is 6. The third kappa shape index (κ3) is 9.17. The second-order valence-electron chi connectivity index (χ2n) is 7.51. The van der Waals surface area contributed by atoms with E-state index >= 15 is 0 Å². The van der Waals surface area contributed by atoms with Crippen LogP contribution in [0.2, 0.25) is 10.0 Å². The molecule has 1 aliphatic heterocycles. The van der Waals surface area contributed by atoms with Gasteiger partial charge in [-0.15, -0.1) is 0 Å². The molecule has 1 N–H and O–H groups in total. The lowest BCUT2D eigenvalue weighted by atomic mass is 9.96. The Balaban J connectivity index is 2.22. The molecule has 1 heterocycles. The molecule has 1 fully saturated rings. The van der Waals surface area contributed by atoms with Gasteiger partial charge in [0.1, 0.15) is 31.1 Å². The summed E-state index contributed by atoms with van der Waals surface area (Å²) in [6, 6.07) is 3.67. The molecule has 0 aromatic heterocycles. The Morgan fingerprint density at radius 3 is 2.17 bits per heavy atom. The average Bonchev–Trinajstić information content (AvgIpc) is 2.73. The highest BCUT2D eigenvalue weighted by molar-refractivity contribution is 6.35. The van der Waals surface area contributed by atoms with Crippen molar-refractivity contribution in [3.8, 4) is 5.75 Å². The van der Waals surface area contributed by atoms with E-state index in [9.17, 15) is 19.2 Å². The van der Waals surface area contributed by atoms with Gasteiger partial charge in [0.15, 0.2) is 18.5 Å². The minimum Gasteiger partial charge on any atom is -0.490 e. The number of nitrogens with one attached hydrogen (secondary N) is 1. The number of hydrogen-bond acceptors (Lipinski definition) is 10. The van der Waals surface area contributed by atoms with Crippen LogP contribution < -0.4 is 10.1 Å². The maximum absolute atomic E-state index is 11.9. The van der Waals surface area contributed by atoms with E-state index in [0.29, 0.717) is 15.8 Å². The third-order valence-electron chi connectivity index (χ3n) is 4.59. The Kier molecular flexibility index (Phi) is 11.0. The molecule has 1 amide bonds. The average molecular weight is 536 g/mol. The summed E-state index contributed by atoms with van der Waals surface area (Å²) in [5.74, 6) is -2.10. The van der Waals surface area contributed by atoms with Crippen molar-refractivity contribution >= 4 is 47.0 Å². The molecule has 11 nitrogen and oxygen atoms in total. The molecule has 0 saturated carbocycles. The van der Waals surface area contributed by atoms with E-state index in [2.05, 4.69) is 5.32 Å². The third-order valence-corrected chi connectivity index (χ3v) is 5.12. The van der Waals surface area contributed by atoms with E-state index in [4.69, 9.17) is 51.6 Å². The number of esters is 3. The van der Waals surface area contributed by atoms with Gasteiger partial charge in [-0.3, -0.25) is 19.2 Å². The largest absolute Gasteiger partial charge is 0.490 e. The van der Waals surface area contributed by atoms with Crippen LogP contribution in [0.3, 0.4) is 0 Å². The number of rotatable bonds is 10. The van der Waals surface area contributed by atoms with Gasteiger partial charge >= 0.3 is 17.9 Å². The van der Waals surface area contributed by atoms with Gasteiger partial charge in [-0.25, -0.2) is 0 Å². The summed E-state index contributed by atoms with van der Waals surface area (Å²) >= 11 is 12.0. The highest BCUT2D eigenvalue weighted by Crippen LogP contribution is 2.29. The van der Waals surface area contributed by atoms with Crippen LogP contribution in [0.1, 0.15) is 27.7 Å². The van der Waals surface area contributed by atoms with Gasteiger partial charge in [0.25, 0.3) is 0 Å². The zero-order chi connectivity index (χ0) is 26.1. The first-order valence-corrected chi connectivity index (χ1v) is 11.3. The summed E-state index contributed by atoms with van der Waals surface area (Å²) in [5.41, 5.74) is 0. The van der Waals surface area contributed by atoms with Gasteiger partial charge in [-0.1, -0.05) is 23.2 Å². The highest BCUT2D eigenvalue weighted by Gasteiger charge is 2.51. The Labute approximate surface area is 212 Å². The molecule has 194 valence electrons. The number of amides is 1. The first kappa shape index (κ1) is 28.6. The summed E-state index contributed by atoms with van der Waals surface area (Å²) < 4.78 is 33.0. The normalized spacial score (nSPS) is 23.7. The fourth-order valence-corrected chi connectivity index (χ4v) is 3.80. The number of hydrogen-bond donors (Lipinski definition) is 1. The minimum absolute atomic E-state index is 0.0359. The quantitative estimate of drug-likeness (QED) is 0.269. The smallest absolute Gasteiger partial charge is 0.303 e. The molecule has 0 spiro atoms. The molecule has 1 aromatic carbocycles. The van der Waals surface area contributed by atoms with Crippen molar-refractivity contribution in [3.05, 3.63) is 28.2 Å². The minimum atomic E-state index is -1.20. The van der Waals surface area contributed by atoms with Crippen molar-refractivity contribution < 1.29 is 47.6 Å². The fraction of sp³-hybridized carbons (Fsp3) is 0.545. The van der Waals surface area contributed by atoms with Crippen LogP contribution in [0.5, 0.6) is 5.75 Å². The van der Waals surface area contributed by atoms with Crippen molar-refractivity contribution in [2.45, 2.75) is 58.3 Å². The predicted molar refractivity (Wildman–Crippen MR) is 122 cm³/mol. The molecule has 1 saturated heterocycles. The zero-order valence-electron chi connectivity index (χ0n) is 19.6. The van der Waals surface area contributed by atoms with Crippen LogP contribution in [-0.2, 0) is 42.9 Å². The van der Waals surface area contributed by atoms with E-state index < -0.39 is 54.5 Å². The lowest BCUT2D eigenvalue weighted by Gasteiger charge is -2.44. The van der Waals surface area contributed by atoms with Crippen molar-refractivity contribution in [1.82, 2.24) is 5.32 Å². The summed E-state index contributed by atoms with van der Waals surface area (Å²) in [7, 11) is 0. The molecule has 0 bridgehead atoms. The summed E-state index contributed by atoms with van der Waals surface area (Å²) in [5, 5.41) is 3.37. The Hall–Kier alpha value is -2.60. The second-order valence-corrected chi connectivity index (χ2v) is 8.36. The zero-order valence-corrected chi connectivity index (χ0v) is 21.1. The summed E-state index contributed by atoms with van der Waals surface area (Å²) in [6.45, 7) is 4.43. The molecule has 0 unspecified atom stereocenters. The maximum atomic E-state index is 11.9. The first-order chi connectivity index (χ1) is 16.5. The van der Waals surface area contributed by atoms with E-state index in [1.54, 1.807) is 12.1 Å². The van der Waals surface area contributed by atoms with Crippen LogP contribution in [0.4, 0.5) is 0 Å². The van der Waals surface area contributed by atoms with Crippen LogP contribution in [0.15, 0.2) is 18.2 Å². The van der Waals surface area contributed by atoms with Gasteiger partial charge < -0.3 is 33.7 Å². The van der Waals surface area contributed by atoms with Crippen molar-refractivity contribution in [1.29, 1.82) is 0 Å². The topological polar surface area (TPSA) is 136 Å². The van der Waals surface area contributed by atoms with Gasteiger partial charge in [-0.05, 0) is 18.2 Å². The molecule has 2 rings (SSSR count). The lowest BCUT2D eigenvalue weighted by molar-refractivity contribution is -0.278.